The van der Waals surface area contributed by atoms with Gasteiger partial charge in [0.2, 0.25) is 0 Å². The average molecular weight is 211 g/mol. The van der Waals surface area contributed by atoms with E-state index in [4.69, 9.17) is 10.5 Å². The van der Waals surface area contributed by atoms with Gasteiger partial charge in [-0.3, -0.25) is 0 Å². The number of rotatable bonds is 2. The molecule has 3 nitrogen and oxygen atoms in total. The van der Waals surface area contributed by atoms with Gasteiger partial charge in [0.05, 0.1) is 7.11 Å². The van der Waals surface area contributed by atoms with Crippen molar-refractivity contribution in [3.63, 3.8) is 0 Å². The van der Waals surface area contributed by atoms with E-state index in [2.05, 4.69) is 0 Å². The molecule has 0 amide bonds. The molecule has 1 aromatic rings. The zero-order valence-corrected chi connectivity index (χ0v) is 8.59. The summed E-state index contributed by atoms with van der Waals surface area (Å²) in [5.74, 6) is -0.306. The van der Waals surface area contributed by atoms with E-state index in [-0.39, 0.29) is 11.3 Å². The number of ether oxygens (including phenoxy) is 1. The Morgan fingerprint density at radius 1 is 1.47 bits per heavy atom. The summed E-state index contributed by atoms with van der Waals surface area (Å²) in [4.78, 5) is 0. The van der Waals surface area contributed by atoms with Crippen molar-refractivity contribution in [1.29, 1.82) is 0 Å². The highest BCUT2D eigenvalue weighted by Crippen LogP contribution is 2.44. The Hall–Kier alpha value is -1.29. The van der Waals surface area contributed by atoms with Crippen LogP contribution in [0.4, 0.5) is 4.39 Å². The second kappa shape index (κ2) is 3.38. The van der Waals surface area contributed by atoms with Crippen LogP contribution in [0.3, 0.4) is 0 Å². The molecule has 0 saturated heterocycles. The summed E-state index contributed by atoms with van der Waals surface area (Å²) in [6, 6.07) is 2.65. The van der Waals surface area contributed by atoms with Crippen molar-refractivity contribution in [2.45, 2.75) is 24.8 Å². The number of benzene rings is 1. The Bertz CT molecular complexity index is 365. The van der Waals surface area contributed by atoms with Crippen molar-refractivity contribution in [2.75, 3.05) is 7.11 Å². The Morgan fingerprint density at radius 2 is 2.13 bits per heavy atom. The van der Waals surface area contributed by atoms with Gasteiger partial charge in [-0.25, -0.2) is 4.39 Å². The molecule has 0 spiro atoms. The molecule has 0 heterocycles. The fourth-order valence-electron chi connectivity index (χ4n) is 1.99. The zero-order valence-electron chi connectivity index (χ0n) is 8.59. The molecule has 0 aromatic heterocycles. The second-order valence-electron chi connectivity index (χ2n) is 4.01. The number of aromatic hydroxyl groups is 1. The van der Waals surface area contributed by atoms with Gasteiger partial charge in [-0.1, -0.05) is 0 Å². The van der Waals surface area contributed by atoms with Gasteiger partial charge < -0.3 is 15.6 Å². The van der Waals surface area contributed by atoms with Gasteiger partial charge in [-0.05, 0) is 19.3 Å². The number of halogens is 1. The van der Waals surface area contributed by atoms with Crippen molar-refractivity contribution < 1.29 is 14.2 Å². The maximum atomic E-state index is 13.7. The number of nitrogens with two attached hydrogens (primary N) is 1. The monoisotopic (exact) mass is 211 g/mol. The van der Waals surface area contributed by atoms with Crippen LogP contribution in [0.5, 0.6) is 11.5 Å². The summed E-state index contributed by atoms with van der Waals surface area (Å²) in [5.41, 5.74) is 5.50. The predicted octanol–water partition coefficient (Wildman–Crippen LogP) is 1.88. The standard InChI is InChI=1S/C11H14FNO2/c1-15-7-5-8(12)10(9(14)6-7)11(13)3-2-4-11/h5-6,14H,2-4,13H2,1H3. The maximum absolute atomic E-state index is 13.7. The van der Waals surface area contributed by atoms with Crippen molar-refractivity contribution in [2.24, 2.45) is 5.73 Å². The van der Waals surface area contributed by atoms with Gasteiger partial charge in [-0.2, -0.15) is 0 Å². The third-order valence-corrected chi connectivity index (χ3v) is 3.02. The molecule has 0 radical (unpaired) electrons. The van der Waals surface area contributed by atoms with E-state index in [0.29, 0.717) is 18.6 Å². The lowest BCUT2D eigenvalue weighted by Crippen LogP contribution is -2.44. The van der Waals surface area contributed by atoms with E-state index in [1.54, 1.807) is 0 Å². The number of hydrogen-bond acceptors (Lipinski definition) is 3. The van der Waals surface area contributed by atoms with Crippen molar-refractivity contribution in [1.82, 2.24) is 0 Å². The summed E-state index contributed by atoms with van der Waals surface area (Å²) in [6.45, 7) is 0. The number of hydrogen-bond donors (Lipinski definition) is 2. The third kappa shape index (κ3) is 1.55. The Morgan fingerprint density at radius 3 is 2.53 bits per heavy atom. The highest BCUT2D eigenvalue weighted by atomic mass is 19.1. The van der Waals surface area contributed by atoms with Gasteiger partial charge in [0.1, 0.15) is 17.3 Å². The Balaban J connectivity index is 2.47. The SMILES string of the molecule is COc1cc(O)c(C2(N)CCC2)c(F)c1. The lowest BCUT2D eigenvalue weighted by Gasteiger charge is -2.39. The quantitative estimate of drug-likeness (QED) is 0.785. The minimum Gasteiger partial charge on any atom is -0.507 e. The van der Waals surface area contributed by atoms with Crippen LogP contribution in [0.2, 0.25) is 0 Å². The van der Waals surface area contributed by atoms with E-state index < -0.39 is 11.4 Å². The van der Waals surface area contributed by atoms with Gasteiger partial charge in [0.25, 0.3) is 0 Å². The minimum atomic E-state index is -0.694. The molecule has 82 valence electrons. The van der Waals surface area contributed by atoms with Gasteiger partial charge in [0.15, 0.2) is 0 Å². The molecule has 15 heavy (non-hydrogen) atoms. The van der Waals surface area contributed by atoms with E-state index in [0.717, 1.165) is 6.42 Å². The lowest BCUT2D eigenvalue weighted by atomic mass is 9.72. The van der Waals surface area contributed by atoms with Crippen LogP contribution in [0.15, 0.2) is 12.1 Å². The molecule has 1 aliphatic rings. The van der Waals surface area contributed by atoms with Crippen molar-refractivity contribution in [3.8, 4) is 11.5 Å². The fraction of sp³-hybridized carbons (Fsp3) is 0.455. The highest BCUT2D eigenvalue weighted by molar-refractivity contribution is 5.45. The molecule has 3 N–H and O–H groups in total. The summed E-state index contributed by atoms with van der Waals surface area (Å²) in [7, 11) is 1.43. The average Bonchev–Trinajstić information content (AvgIpc) is 2.13. The van der Waals surface area contributed by atoms with Crippen LogP contribution in [-0.2, 0) is 5.54 Å². The minimum absolute atomic E-state index is 0.117. The molecule has 1 saturated carbocycles. The van der Waals surface area contributed by atoms with Gasteiger partial charge >= 0.3 is 0 Å². The van der Waals surface area contributed by atoms with Crippen LogP contribution < -0.4 is 10.5 Å². The predicted molar refractivity (Wildman–Crippen MR) is 54.3 cm³/mol. The molecule has 1 aliphatic carbocycles. The van der Waals surface area contributed by atoms with Crippen molar-refractivity contribution in [3.05, 3.63) is 23.5 Å². The smallest absolute Gasteiger partial charge is 0.135 e. The molecule has 2 rings (SSSR count). The second-order valence-corrected chi connectivity index (χ2v) is 4.01. The summed E-state index contributed by atoms with van der Waals surface area (Å²) in [6.07, 6.45) is 2.40. The van der Waals surface area contributed by atoms with E-state index in [1.807, 2.05) is 0 Å². The summed E-state index contributed by atoms with van der Waals surface area (Å²) in [5, 5.41) is 9.70. The van der Waals surface area contributed by atoms with Crippen LogP contribution in [0, 0.1) is 5.82 Å². The summed E-state index contributed by atoms with van der Waals surface area (Å²) >= 11 is 0. The largest absolute Gasteiger partial charge is 0.507 e. The summed E-state index contributed by atoms with van der Waals surface area (Å²) < 4.78 is 18.5. The van der Waals surface area contributed by atoms with Crippen LogP contribution in [0.25, 0.3) is 0 Å². The molecule has 1 fully saturated rings. The van der Waals surface area contributed by atoms with Crippen LogP contribution in [0.1, 0.15) is 24.8 Å². The molecule has 0 atom stereocenters. The van der Waals surface area contributed by atoms with Crippen molar-refractivity contribution >= 4 is 0 Å². The molecule has 0 bridgehead atoms. The molecule has 0 unspecified atom stereocenters. The fourth-order valence-corrected chi connectivity index (χ4v) is 1.99. The normalized spacial score (nSPS) is 18.3. The van der Waals surface area contributed by atoms with Gasteiger partial charge in [-0.15, -0.1) is 0 Å². The molecule has 0 aliphatic heterocycles. The topological polar surface area (TPSA) is 55.5 Å². The van der Waals surface area contributed by atoms with Crippen LogP contribution in [-0.4, -0.2) is 12.2 Å². The Labute approximate surface area is 87.7 Å². The number of phenols is 1. The lowest BCUT2D eigenvalue weighted by molar-refractivity contribution is 0.236. The van der Waals surface area contributed by atoms with E-state index in [9.17, 15) is 9.50 Å². The number of methoxy groups -OCH3 is 1. The van der Waals surface area contributed by atoms with Gasteiger partial charge in [0, 0.05) is 23.2 Å². The molecular formula is C11H14FNO2. The first-order valence-corrected chi connectivity index (χ1v) is 4.93. The zero-order chi connectivity index (χ0) is 11.1. The third-order valence-electron chi connectivity index (χ3n) is 3.02. The van der Waals surface area contributed by atoms with E-state index in [1.165, 1.54) is 19.2 Å². The molecule has 4 heteroatoms. The first-order valence-electron chi connectivity index (χ1n) is 4.93. The molecular weight excluding hydrogens is 197 g/mol. The molecule has 1 aromatic carbocycles. The number of phenolic OH excluding ortho intramolecular Hbond substituents is 1. The first kappa shape index (κ1) is 10.2. The maximum Gasteiger partial charge on any atom is 0.135 e. The first-order chi connectivity index (χ1) is 7.07. The van der Waals surface area contributed by atoms with Crippen LogP contribution >= 0.6 is 0 Å². The Kier molecular flexibility index (Phi) is 2.31. The van der Waals surface area contributed by atoms with E-state index >= 15 is 0 Å². The highest BCUT2D eigenvalue weighted by Gasteiger charge is 2.39.